The zero-order valence-electron chi connectivity index (χ0n) is 51.5. The summed E-state index contributed by atoms with van der Waals surface area (Å²) >= 11 is 0. The molecule has 0 aliphatic carbocycles. The number of amides is 1. The van der Waals surface area contributed by atoms with Crippen LogP contribution in [0.3, 0.4) is 0 Å². The molecule has 1 amide bonds. The van der Waals surface area contributed by atoms with Crippen LogP contribution in [0.4, 0.5) is 0 Å². The summed E-state index contributed by atoms with van der Waals surface area (Å²) in [6.07, 6.45) is 53.8. The number of ether oxygens (including phenoxy) is 4. The summed E-state index contributed by atoms with van der Waals surface area (Å²) < 4.78 is 22.8. The molecule has 0 aromatic rings. The summed E-state index contributed by atoms with van der Waals surface area (Å²) in [6.45, 7) is 2.76. The molecule has 2 saturated heterocycles. The maximum atomic E-state index is 13.3. The van der Waals surface area contributed by atoms with Gasteiger partial charge in [-0.1, -0.05) is 241 Å². The zero-order valence-corrected chi connectivity index (χ0v) is 51.5. The van der Waals surface area contributed by atoms with Crippen molar-refractivity contribution >= 4 is 5.91 Å². The van der Waals surface area contributed by atoms with Gasteiger partial charge in [0.2, 0.25) is 5.91 Å². The van der Waals surface area contributed by atoms with Gasteiger partial charge >= 0.3 is 0 Å². The Bertz CT molecular complexity index is 1650. The van der Waals surface area contributed by atoms with Crippen LogP contribution >= 0.6 is 0 Å². The molecule has 9 N–H and O–H groups in total. The molecule has 2 rings (SSSR count). The third kappa shape index (κ3) is 37.1. The smallest absolute Gasteiger partial charge is 0.220 e. The molecule has 2 heterocycles. The Balaban J connectivity index is 1.68. The number of allylic oxidation sites excluding steroid dienone is 11. The summed E-state index contributed by atoms with van der Waals surface area (Å²) in [7, 11) is 0. The average molecular weight is 1160 g/mol. The van der Waals surface area contributed by atoms with Crippen molar-refractivity contribution in [1.82, 2.24) is 5.32 Å². The van der Waals surface area contributed by atoms with E-state index in [9.17, 15) is 45.6 Å². The zero-order chi connectivity index (χ0) is 59.5. The van der Waals surface area contributed by atoms with Crippen molar-refractivity contribution in [2.45, 2.75) is 331 Å². The Kier molecular flexibility index (Phi) is 48.6. The van der Waals surface area contributed by atoms with E-state index in [4.69, 9.17) is 18.9 Å². The largest absolute Gasteiger partial charge is 0.394 e. The summed E-state index contributed by atoms with van der Waals surface area (Å²) in [4.78, 5) is 13.3. The van der Waals surface area contributed by atoms with Crippen LogP contribution in [0.25, 0.3) is 0 Å². The molecule has 0 spiro atoms. The van der Waals surface area contributed by atoms with E-state index in [1.165, 1.54) is 167 Å². The number of carbonyl (C=O) groups is 1. The van der Waals surface area contributed by atoms with Crippen LogP contribution in [0.5, 0.6) is 0 Å². The molecule has 0 aromatic carbocycles. The van der Waals surface area contributed by atoms with Gasteiger partial charge in [0.1, 0.15) is 48.8 Å². The van der Waals surface area contributed by atoms with Crippen LogP contribution in [0, 0.1) is 0 Å². The summed E-state index contributed by atoms with van der Waals surface area (Å²) in [5, 5.41) is 87.2. The topological polar surface area (TPSA) is 228 Å². The average Bonchev–Trinajstić information content (AvgIpc) is 3.52. The predicted octanol–water partition coefficient (Wildman–Crippen LogP) is 12.7. The van der Waals surface area contributed by atoms with E-state index < -0.39 is 86.8 Å². The molecule has 82 heavy (non-hydrogen) atoms. The maximum Gasteiger partial charge on any atom is 0.220 e. The minimum atomic E-state index is -1.79. The lowest BCUT2D eigenvalue weighted by Crippen LogP contribution is -2.65. The van der Waals surface area contributed by atoms with E-state index in [0.717, 1.165) is 57.8 Å². The first-order valence-electron chi connectivity index (χ1n) is 33.2. The van der Waals surface area contributed by atoms with Gasteiger partial charge in [0, 0.05) is 6.42 Å². The molecule has 2 aliphatic rings. The summed E-state index contributed by atoms with van der Waals surface area (Å²) in [5.74, 6) is -0.254. The first-order valence-corrected chi connectivity index (χ1v) is 33.2. The molecule has 12 unspecified atom stereocenters. The highest BCUT2D eigenvalue weighted by Crippen LogP contribution is 2.30. The minimum Gasteiger partial charge on any atom is -0.394 e. The van der Waals surface area contributed by atoms with Crippen molar-refractivity contribution in [1.29, 1.82) is 0 Å². The van der Waals surface area contributed by atoms with E-state index in [-0.39, 0.29) is 18.9 Å². The SMILES string of the molecule is CCCCCCC/C=C\C/C=C\C/C=C\CCCCCCCCCCCCCCCCCCC(=O)NC(COC1OC(CO)C(OC2OC(CO)C(O)C(O)C2O)C(O)C1O)C(O)/C=C/CC/C=C/CC/C=C/CCCCCCCCC. The highest BCUT2D eigenvalue weighted by atomic mass is 16.7. The quantitative estimate of drug-likeness (QED) is 0.0204. The fourth-order valence-electron chi connectivity index (χ4n) is 10.5. The van der Waals surface area contributed by atoms with Gasteiger partial charge in [-0.3, -0.25) is 4.79 Å². The van der Waals surface area contributed by atoms with E-state index in [2.05, 4.69) is 79.9 Å². The number of aliphatic hydroxyl groups excluding tert-OH is 8. The normalized spacial score (nSPS) is 24.4. The Morgan fingerprint density at radius 3 is 1.28 bits per heavy atom. The number of aliphatic hydroxyl groups is 8. The molecular formula is C68H121NO13. The molecule has 2 aliphatic heterocycles. The van der Waals surface area contributed by atoms with Crippen LogP contribution in [-0.4, -0.2) is 140 Å². The molecule has 14 heteroatoms. The van der Waals surface area contributed by atoms with Crippen molar-refractivity contribution in [3.8, 4) is 0 Å². The first kappa shape index (κ1) is 75.5. The van der Waals surface area contributed by atoms with Gasteiger partial charge in [0.25, 0.3) is 0 Å². The number of nitrogens with one attached hydrogen (secondary N) is 1. The van der Waals surface area contributed by atoms with Crippen molar-refractivity contribution in [3.05, 3.63) is 72.9 Å². The number of unbranched alkanes of at least 4 members (excludes halogenated alkanes) is 30. The lowest BCUT2D eigenvalue weighted by Gasteiger charge is -2.46. The molecular weight excluding hydrogens is 1040 g/mol. The van der Waals surface area contributed by atoms with E-state index in [1.807, 2.05) is 6.08 Å². The first-order chi connectivity index (χ1) is 40.1. The van der Waals surface area contributed by atoms with E-state index >= 15 is 0 Å². The van der Waals surface area contributed by atoms with Gasteiger partial charge < -0.3 is 65.1 Å². The highest BCUT2D eigenvalue weighted by Gasteiger charge is 2.51. The van der Waals surface area contributed by atoms with Crippen molar-refractivity contribution in [2.75, 3.05) is 19.8 Å². The van der Waals surface area contributed by atoms with E-state index in [1.54, 1.807) is 6.08 Å². The third-order valence-corrected chi connectivity index (χ3v) is 15.8. The van der Waals surface area contributed by atoms with E-state index in [0.29, 0.717) is 12.8 Å². The second kappa shape index (κ2) is 52.7. The predicted molar refractivity (Wildman–Crippen MR) is 332 cm³/mol. The number of rotatable bonds is 53. The fraction of sp³-hybridized carbons (Fsp3) is 0.809. The number of carbonyl (C=O) groups excluding carboxylic acids is 1. The molecule has 0 radical (unpaired) electrons. The standard InChI is InChI=1S/C68H121NO13/c1-3-5-7-9-11-13-15-17-19-21-22-23-24-25-26-27-28-29-30-31-32-33-34-36-38-40-42-44-46-48-50-52-60(73)69-56(57(72)51-49-47-45-43-41-39-37-35-20-18-16-14-12-10-8-6-4-2)55-79-67-65(78)63(76)66(59(54-71)81-67)82-68-64(77)62(75)61(74)58(53-70)80-68/h15,17,20-22,24-25,35,41,43,49,51,56-59,61-68,70-72,74-78H,3-14,16,18-19,23,26-34,36-40,42,44-48,50,52-55H2,1-2H3,(H,69,73)/b17-15-,22-21-,25-24-,35-20+,43-41+,51-49+. The van der Waals surface area contributed by atoms with Crippen LogP contribution < -0.4 is 5.32 Å². The Hall–Kier alpha value is -2.57. The molecule has 0 bridgehead atoms. The van der Waals surface area contributed by atoms with Gasteiger partial charge in [0.15, 0.2) is 12.6 Å². The highest BCUT2D eigenvalue weighted by molar-refractivity contribution is 5.76. The lowest BCUT2D eigenvalue weighted by molar-refractivity contribution is -0.359. The minimum absolute atomic E-state index is 0.254. The summed E-state index contributed by atoms with van der Waals surface area (Å²) in [5.41, 5.74) is 0. The number of hydrogen-bond acceptors (Lipinski definition) is 13. The van der Waals surface area contributed by atoms with Crippen LogP contribution in [-0.2, 0) is 23.7 Å². The molecule has 476 valence electrons. The van der Waals surface area contributed by atoms with Gasteiger partial charge in [-0.05, 0) is 83.5 Å². The van der Waals surface area contributed by atoms with Gasteiger partial charge in [-0.2, -0.15) is 0 Å². The molecule has 0 aromatic heterocycles. The van der Waals surface area contributed by atoms with Crippen molar-refractivity contribution in [2.24, 2.45) is 0 Å². The van der Waals surface area contributed by atoms with Gasteiger partial charge in [-0.25, -0.2) is 0 Å². The van der Waals surface area contributed by atoms with Gasteiger partial charge in [-0.15, -0.1) is 0 Å². The van der Waals surface area contributed by atoms with Crippen LogP contribution in [0.1, 0.15) is 258 Å². The third-order valence-electron chi connectivity index (χ3n) is 15.8. The summed E-state index contributed by atoms with van der Waals surface area (Å²) in [6, 6.07) is -0.941. The van der Waals surface area contributed by atoms with Crippen LogP contribution in [0.15, 0.2) is 72.9 Å². The monoisotopic (exact) mass is 1160 g/mol. The fourth-order valence-corrected chi connectivity index (χ4v) is 10.5. The molecule has 0 saturated carbocycles. The second-order valence-electron chi connectivity index (χ2n) is 23.2. The maximum absolute atomic E-state index is 13.3. The molecule has 12 atom stereocenters. The Morgan fingerprint density at radius 2 is 0.817 bits per heavy atom. The van der Waals surface area contributed by atoms with Gasteiger partial charge in [0.05, 0.1) is 32.0 Å². The van der Waals surface area contributed by atoms with Crippen molar-refractivity contribution in [3.63, 3.8) is 0 Å². The molecule has 14 nitrogen and oxygen atoms in total. The Labute approximate surface area is 498 Å². The van der Waals surface area contributed by atoms with Crippen LogP contribution in [0.2, 0.25) is 0 Å². The van der Waals surface area contributed by atoms with Crippen molar-refractivity contribution < 1.29 is 64.6 Å². The number of hydrogen-bond donors (Lipinski definition) is 9. The molecule has 2 fully saturated rings. The Morgan fingerprint density at radius 1 is 0.439 bits per heavy atom. The lowest BCUT2D eigenvalue weighted by atomic mass is 9.97. The second-order valence-corrected chi connectivity index (χ2v) is 23.2.